The molecule has 2 nitrogen and oxygen atoms in total. The number of nitrogens with zero attached hydrogens (tertiary/aromatic N) is 1. The maximum absolute atomic E-state index is 5.67. The van der Waals surface area contributed by atoms with Gasteiger partial charge in [0.1, 0.15) is 0 Å². The summed E-state index contributed by atoms with van der Waals surface area (Å²) in [7, 11) is 0. The molecule has 0 amide bonds. The number of hydrogen-bond donors (Lipinski definition) is 1. The van der Waals surface area contributed by atoms with Gasteiger partial charge in [-0.2, -0.15) is 0 Å². The monoisotopic (exact) mass is 234 g/mol. The van der Waals surface area contributed by atoms with Gasteiger partial charge in [-0.25, -0.2) is 0 Å². The Hall–Kier alpha value is -0.520. The van der Waals surface area contributed by atoms with Gasteiger partial charge in [-0.3, -0.25) is 4.90 Å². The van der Waals surface area contributed by atoms with Gasteiger partial charge in [0, 0.05) is 18.1 Å². The molecular formula is C15H26N2. The molecule has 17 heavy (non-hydrogen) atoms. The number of rotatable bonds is 5. The first kappa shape index (κ1) is 12.9. The Morgan fingerprint density at radius 2 is 1.94 bits per heavy atom. The Labute approximate surface area is 106 Å². The van der Waals surface area contributed by atoms with E-state index in [1.165, 1.54) is 32.1 Å². The average Bonchev–Trinajstić information content (AvgIpc) is 2.62. The number of fused-ring (bicyclic) bond motifs is 2. The summed E-state index contributed by atoms with van der Waals surface area (Å²) in [5.41, 5.74) is 0. The maximum Gasteiger partial charge on any atom is 0.0714 e. The molecule has 2 bridgehead atoms. The first-order valence-corrected chi connectivity index (χ1v) is 7.27. The summed E-state index contributed by atoms with van der Waals surface area (Å²) in [5, 5.41) is 3.69. The quantitative estimate of drug-likeness (QED) is 0.735. The number of hydrogen-bond acceptors (Lipinski definition) is 2. The summed E-state index contributed by atoms with van der Waals surface area (Å²) in [6.45, 7) is 5.62. The summed E-state index contributed by atoms with van der Waals surface area (Å²) in [5.74, 6) is 2.99. The molecule has 1 N–H and O–H groups in total. The van der Waals surface area contributed by atoms with E-state index < -0.39 is 0 Å². The summed E-state index contributed by atoms with van der Waals surface area (Å²) in [4.78, 5) is 2.64. The van der Waals surface area contributed by atoms with Crippen molar-refractivity contribution in [2.24, 2.45) is 0 Å². The molecule has 2 fully saturated rings. The molecule has 2 aliphatic rings. The van der Waals surface area contributed by atoms with Crippen LogP contribution >= 0.6 is 0 Å². The number of piperidine rings is 1. The molecule has 0 aliphatic carbocycles. The van der Waals surface area contributed by atoms with E-state index in [1.807, 2.05) is 0 Å². The molecular weight excluding hydrogens is 208 g/mol. The fourth-order valence-corrected chi connectivity index (χ4v) is 3.65. The highest BCUT2D eigenvalue weighted by Crippen LogP contribution is 2.37. The second-order valence-corrected chi connectivity index (χ2v) is 5.55. The lowest BCUT2D eigenvalue weighted by molar-refractivity contribution is 0.0912. The standard InChI is InChI=1S/C15H26N2/c1-4-9-16-12-10-14-7-8-15(11-12)17(14)13(5-2)6-3/h2,12-16H,4,6-11H2,1,3H3. The first-order chi connectivity index (χ1) is 8.30. The highest BCUT2D eigenvalue weighted by atomic mass is 15.3. The van der Waals surface area contributed by atoms with Crippen molar-refractivity contribution in [2.45, 2.75) is 76.5 Å². The maximum atomic E-state index is 5.67. The predicted molar refractivity (Wildman–Crippen MR) is 72.9 cm³/mol. The van der Waals surface area contributed by atoms with E-state index in [-0.39, 0.29) is 0 Å². The van der Waals surface area contributed by atoms with Crippen molar-refractivity contribution < 1.29 is 0 Å². The van der Waals surface area contributed by atoms with E-state index in [2.05, 4.69) is 30.0 Å². The van der Waals surface area contributed by atoms with Crippen molar-refractivity contribution in [1.82, 2.24) is 10.2 Å². The third-order valence-corrected chi connectivity index (χ3v) is 4.41. The third kappa shape index (κ3) is 2.67. The van der Waals surface area contributed by atoms with Gasteiger partial charge in [-0.05, 0) is 45.1 Å². The number of terminal acetylenes is 1. The summed E-state index contributed by atoms with van der Waals surface area (Å²) in [6, 6.07) is 2.59. The van der Waals surface area contributed by atoms with Gasteiger partial charge in [-0.1, -0.05) is 19.8 Å². The highest BCUT2D eigenvalue weighted by Gasteiger charge is 2.42. The molecule has 0 radical (unpaired) electrons. The zero-order valence-electron chi connectivity index (χ0n) is 11.3. The van der Waals surface area contributed by atoms with Gasteiger partial charge in [0.25, 0.3) is 0 Å². The van der Waals surface area contributed by atoms with Crippen LogP contribution in [0.4, 0.5) is 0 Å². The molecule has 2 rings (SSSR count). The molecule has 0 aromatic rings. The molecule has 3 unspecified atom stereocenters. The smallest absolute Gasteiger partial charge is 0.0714 e. The fraction of sp³-hybridized carbons (Fsp3) is 0.867. The average molecular weight is 234 g/mol. The van der Waals surface area contributed by atoms with Gasteiger partial charge < -0.3 is 5.32 Å². The molecule has 0 saturated carbocycles. The summed E-state index contributed by atoms with van der Waals surface area (Å²) in [6.07, 6.45) is 13.3. The highest BCUT2D eigenvalue weighted by molar-refractivity contribution is 5.08. The lowest BCUT2D eigenvalue weighted by Gasteiger charge is -2.42. The molecule has 2 heteroatoms. The van der Waals surface area contributed by atoms with Gasteiger partial charge in [0.15, 0.2) is 0 Å². The van der Waals surface area contributed by atoms with Crippen LogP contribution in [0.25, 0.3) is 0 Å². The normalized spacial score (nSPS) is 34.5. The second kappa shape index (κ2) is 5.89. The van der Waals surface area contributed by atoms with Crippen molar-refractivity contribution in [2.75, 3.05) is 6.54 Å². The Morgan fingerprint density at radius 3 is 2.41 bits per heavy atom. The van der Waals surface area contributed by atoms with Crippen LogP contribution in [-0.4, -0.2) is 35.6 Å². The van der Waals surface area contributed by atoms with Crippen LogP contribution in [0, 0.1) is 12.3 Å². The Morgan fingerprint density at radius 1 is 1.29 bits per heavy atom. The molecule has 2 saturated heterocycles. The predicted octanol–water partition coefficient (Wildman–Crippen LogP) is 2.39. The van der Waals surface area contributed by atoms with Crippen LogP contribution in [0.2, 0.25) is 0 Å². The molecule has 96 valence electrons. The Bertz CT molecular complexity index is 267. The van der Waals surface area contributed by atoms with E-state index in [9.17, 15) is 0 Å². The second-order valence-electron chi connectivity index (χ2n) is 5.55. The van der Waals surface area contributed by atoms with Crippen LogP contribution in [0.1, 0.15) is 52.4 Å². The minimum Gasteiger partial charge on any atom is -0.314 e. The topological polar surface area (TPSA) is 15.3 Å². The van der Waals surface area contributed by atoms with Gasteiger partial charge >= 0.3 is 0 Å². The fourth-order valence-electron chi connectivity index (χ4n) is 3.65. The van der Waals surface area contributed by atoms with Crippen LogP contribution < -0.4 is 5.32 Å². The SMILES string of the molecule is C#CC(CC)N1C2CCC1CC(NCCC)C2. The Kier molecular flexibility index (Phi) is 4.48. The van der Waals surface area contributed by atoms with E-state index >= 15 is 0 Å². The molecule has 2 aliphatic heterocycles. The van der Waals surface area contributed by atoms with E-state index in [0.29, 0.717) is 6.04 Å². The molecule has 0 aromatic carbocycles. The zero-order valence-corrected chi connectivity index (χ0v) is 11.3. The van der Waals surface area contributed by atoms with Gasteiger partial charge in [0.05, 0.1) is 6.04 Å². The van der Waals surface area contributed by atoms with E-state index in [1.54, 1.807) is 0 Å². The summed E-state index contributed by atoms with van der Waals surface area (Å²) < 4.78 is 0. The molecule has 0 spiro atoms. The van der Waals surface area contributed by atoms with Crippen molar-refractivity contribution >= 4 is 0 Å². The van der Waals surface area contributed by atoms with Crippen molar-refractivity contribution in [3.05, 3.63) is 0 Å². The molecule has 3 atom stereocenters. The van der Waals surface area contributed by atoms with Crippen LogP contribution in [0.15, 0.2) is 0 Å². The van der Waals surface area contributed by atoms with Crippen molar-refractivity contribution in [1.29, 1.82) is 0 Å². The first-order valence-electron chi connectivity index (χ1n) is 7.27. The largest absolute Gasteiger partial charge is 0.314 e. The molecule has 2 heterocycles. The number of nitrogens with one attached hydrogen (secondary N) is 1. The van der Waals surface area contributed by atoms with E-state index in [4.69, 9.17) is 6.42 Å². The van der Waals surface area contributed by atoms with Crippen LogP contribution in [-0.2, 0) is 0 Å². The lowest BCUT2D eigenvalue weighted by Crippen LogP contribution is -2.52. The lowest BCUT2D eigenvalue weighted by atomic mass is 9.95. The van der Waals surface area contributed by atoms with Gasteiger partial charge in [-0.15, -0.1) is 6.42 Å². The van der Waals surface area contributed by atoms with E-state index in [0.717, 1.165) is 31.1 Å². The van der Waals surface area contributed by atoms with Crippen molar-refractivity contribution in [3.63, 3.8) is 0 Å². The summed E-state index contributed by atoms with van der Waals surface area (Å²) >= 11 is 0. The third-order valence-electron chi connectivity index (χ3n) is 4.41. The van der Waals surface area contributed by atoms with Crippen LogP contribution in [0.3, 0.4) is 0 Å². The van der Waals surface area contributed by atoms with Crippen molar-refractivity contribution in [3.8, 4) is 12.3 Å². The minimum absolute atomic E-state index is 0.375. The van der Waals surface area contributed by atoms with Gasteiger partial charge in [0.2, 0.25) is 0 Å². The zero-order chi connectivity index (χ0) is 12.3. The minimum atomic E-state index is 0.375. The Balaban J connectivity index is 1.96. The van der Waals surface area contributed by atoms with Crippen LogP contribution in [0.5, 0.6) is 0 Å². The molecule has 0 aromatic heterocycles.